The molecule has 0 aliphatic carbocycles. The minimum atomic E-state index is -0.763. The molecule has 228 valence electrons. The number of fused-ring (bicyclic) bond motifs is 6. The van der Waals surface area contributed by atoms with Crippen molar-refractivity contribution in [2.75, 3.05) is 0 Å². The molecule has 0 atom stereocenters. The topological polar surface area (TPSA) is 13.1 Å². The number of furan rings is 1. The van der Waals surface area contributed by atoms with E-state index in [1.54, 1.807) is 18.2 Å². The summed E-state index contributed by atoms with van der Waals surface area (Å²) in [7, 11) is 0. The van der Waals surface area contributed by atoms with Gasteiger partial charge in [-0.3, -0.25) is 0 Å². The highest BCUT2D eigenvalue weighted by molar-refractivity contribution is 6.24. The van der Waals surface area contributed by atoms with Crippen LogP contribution in [0, 0.1) is 0 Å². The zero-order chi connectivity index (χ0) is 45.4. The van der Waals surface area contributed by atoms with Gasteiger partial charge in [-0.05, 0) is 89.5 Å². The number of hydrogen-bond acceptors (Lipinski definition) is 1. The van der Waals surface area contributed by atoms with E-state index in [4.69, 9.17) is 18.1 Å². The Balaban J connectivity index is 1.46. The van der Waals surface area contributed by atoms with Gasteiger partial charge in [-0.25, -0.2) is 0 Å². The molecule has 0 amide bonds. The van der Waals surface area contributed by atoms with Crippen molar-refractivity contribution >= 4 is 54.3 Å². The highest BCUT2D eigenvalue weighted by Gasteiger charge is 2.21. The third kappa shape index (κ3) is 4.33. The molecule has 0 saturated heterocycles. The SMILES string of the molecule is [2H]c1c([2H])c([2H])c2c(-c3c4c([2H])c([2H])c([2H])c([2H])c4c(-c4ccc5oc6ccc(-c7ccccc7)c(-c7ccccc7)c6c5c4)c4c([2H])c([2H])c([2H])c([2H])c34)c([2H])c([2H])c([2H])c2c1[2H]. The summed E-state index contributed by atoms with van der Waals surface area (Å²) in [6, 6.07) is 18.2. The highest BCUT2D eigenvalue weighted by atomic mass is 16.3. The fraction of sp³-hybridized carbons (Fsp3) is 0. The first-order valence-electron chi connectivity index (χ1n) is 23.1. The molecule has 0 unspecified atom stereocenters. The van der Waals surface area contributed by atoms with Gasteiger partial charge in [-0.15, -0.1) is 0 Å². The van der Waals surface area contributed by atoms with Crippen LogP contribution in [0.2, 0.25) is 0 Å². The molecule has 0 fully saturated rings. The maximum absolute atomic E-state index is 9.50. The summed E-state index contributed by atoms with van der Waals surface area (Å²) in [6.45, 7) is 0. The van der Waals surface area contributed by atoms with Crippen LogP contribution in [0.1, 0.15) is 20.6 Å². The lowest BCUT2D eigenvalue weighted by Gasteiger charge is -2.19. The van der Waals surface area contributed by atoms with E-state index in [-0.39, 0.29) is 38.2 Å². The standard InChI is InChI=1S/C48H30O/c1-3-14-32(15-4-1)36-27-29-44-48(46(36)33-17-5-2-6-18-33)42-30-34(26-28-43(42)49-44)45-38-21-9-11-23-40(38)47(41-24-12-10-22-39(41)45)37-25-13-19-31-16-7-8-20-35(31)37/h1-30H/i7D,8D,9D,10D,11D,12D,13D,16D,19D,20D,21D,22D,23D,24D,25D. The van der Waals surface area contributed by atoms with Crippen molar-refractivity contribution in [3.63, 3.8) is 0 Å². The Morgan fingerprint density at radius 3 is 1.63 bits per heavy atom. The largest absolute Gasteiger partial charge is 0.456 e. The normalized spacial score (nSPS) is 16.0. The fourth-order valence-electron chi connectivity index (χ4n) is 6.95. The monoisotopic (exact) mass is 637 g/mol. The fourth-order valence-corrected chi connectivity index (χ4v) is 6.95. The predicted molar refractivity (Wildman–Crippen MR) is 208 cm³/mol. The summed E-state index contributed by atoms with van der Waals surface area (Å²) >= 11 is 0. The van der Waals surface area contributed by atoms with E-state index in [0.29, 0.717) is 16.6 Å². The average Bonchev–Trinajstić information content (AvgIpc) is 3.69. The third-order valence-electron chi connectivity index (χ3n) is 9.01. The van der Waals surface area contributed by atoms with Crippen molar-refractivity contribution in [2.45, 2.75) is 0 Å². The van der Waals surface area contributed by atoms with E-state index in [1.165, 1.54) is 0 Å². The molecule has 0 aliphatic rings. The molecular weight excluding hydrogens is 593 g/mol. The molecule has 10 rings (SSSR count). The van der Waals surface area contributed by atoms with Gasteiger partial charge >= 0.3 is 0 Å². The van der Waals surface area contributed by atoms with Crippen molar-refractivity contribution in [2.24, 2.45) is 0 Å². The Hall–Kier alpha value is -6.44. The second-order valence-electron chi connectivity index (χ2n) is 11.7. The summed E-state index contributed by atoms with van der Waals surface area (Å²) in [5.41, 5.74) is 4.06. The highest BCUT2D eigenvalue weighted by Crippen LogP contribution is 2.47. The van der Waals surface area contributed by atoms with Gasteiger partial charge in [0.1, 0.15) is 11.2 Å². The van der Waals surface area contributed by atoms with Gasteiger partial charge in [0.2, 0.25) is 0 Å². The van der Waals surface area contributed by atoms with Gasteiger partial charge < -0.3 is 4.42 Å². The van der Waals surface area contributed by atoms with Gasteiger partial charge in [0, 0.05) is 16.3 Å². The second kappa shape index (κ2) is 11.1. The van der Waals surface area contributed by atoms with Crippen LogP contribution in [0.25, 0.3) is 98.8 Å². The summed E-state index contributed by atoms with van der Waals surface area (Å²) in [5.74, 6) is 0. The first-order valence-corrected chi connectivity index (χ1v) is 15.6. The zero-order valence-corrected chi connectivity index (χ0v) is 25.6. The molecule has 0 aliphatic heterocycles. The van der Waals surface area contributed by atoms with Gasteiger partial charge in [0.05, 0.1) is 20.6 Å². The lowest BCUT2D eigenvalue weighted by atomic mass is 9.84. The summed E-state index contributed by atoms with van der Waals surface area (Å²) in [5, 5.41) is -0.565. The predicted octanol–water partition coefficient (Wildman–Crippen LogP) is 13.7. The third-order valence-corrected chi connectivity index (χ3v) is 9.01. The van der Waals surface area contributed by atoms with Crippen molar-refractivity contribution in [1.29, 1.82) is 0 Å². The molecule has 0 spiro atoms. The van der Waals surface area contributed by atoms with Crippen LogP contribution in [0.15, 0.2) is 186 Å². The first-order chi connectivity index (χ1) is 30.6. The molecular formula is C48H30O. The van der Waals surface area contributed by atoms with Gasteiger partial charge in [-0.2, -0.15) is 0 Å². The molecule has 0 N–H and O–H groups in total. The Kier molecular flexibility index (Phi) is 3.75. The Morgan fingerprint density at radius 2 is 0.939 bits per heavy atom. The number of benzene rings is 9. The number of hydrogen-bond donors (Lipinski definition) is 0. The molecule has 1 heterocycles. The van der Waals surface area contributed by atoms with Crippen LogP contribution in [0.3, 0.4) is 0 Å². The number of rotatable bonds is 4. The molecule has 0 radical (unpaired) electrons. The van der Waals surface area contributed by atoms with Gasteiger partial charge in [0.15, 0.2) is 0 Å². The van der Waals surface area contributed by atoms with Crippen LogP contribution in [-0.4, -0.2) is 0 Å². The quantitative estimate of drug-likeness (QED) is 0.175. The molecule has 1 nitrogen and oxygen atoms in total. The lowest BCUT2D eigenvalue weighted by molar-refractivity contribution is 0.669. The van der Waals surface area contributed by atoms with Crippen molar-refractivity contribution < 1.29 is 25.0 Å². The minimum Gasteiger partial charge on any atom is -0.456 e. The first kappa shape index (κ1) is 16.6. The Morgan fingerprint density at radius 1 is 0.367 bits per heavy atom. The van der Waals surface area contributed by atoms with Crippen molar-refractivity contribution in [1.82, 2.24) is 0 Å². The summed E-state index contributed by atoms with van der Waals surface area (Å²) in [6.07, 6.45) is 0. The lowest BCUT2D eigenvalue weighted by Crippen LogP contribution is -1.91. The summed E-state index contributed by atoms with van der Waals surface area (Å²) in [4.78, 5) is 0. The van der Waals surface area contributed by atoms with Gasteiger partial charge in [-0.1, -0.05) is 163 Å². The van der Waals surface area contributed by atoms with E-state index in [1.807, 2.05) is 72.8 Å². The molecule has 10 aromatic rings. The van der Waals surface area contributed by atoms with Crippen molar-refractivity contribution in [3.8, 4) is 44.5 Å². The maximum atomic E-state index is 9.50. The molecule has 49 heavy (non-hydrogen) atoms. The van der Waals surface area contributed by atoms with Crippen LogP contribution in [-0.2, 0) is 0 Å². The van der Waals surface area contributed by atoms with Crippen LogP contribution in [0.4, 0.5) is 0 Å². The van der Waals surface area contributed by atoms with E-state index >= 15 is 0 Å². The Labute approximate surface area is 305 Å². The maximum Gasteiger partial charge on any atom is 0.136 e. The van der Waals surface area contributed by atoms with Crippen LogP contribution in [0.5, 0.6) is 0 Å². The molecule has 0 saturated carbocycles. The summed E-state index contributed by atoms with van der Waals surface area (Å²) < 4.78 is 142. The average molecular weight is 638 g/mol. The minimum absolute atomic E-state index is 0.00502. The van der Waals surface area contributed by atoms with E-state index in [0.717, 1.165) is 27.6 Å². The molecule has 9 aromatic carbocycles. The van der Waals surface area contributed by atoms with Crippen molar-refractivity contribution in [3.05, 3.63) is 182 Å². The van der Waals surface area contributed by atoms with E-state index in [9.17, 15) is 6.85 Å². The van der Waals surface area contributed by atoms with Gasteiger partial charge in [0.25, 0.3) is 0 Å². The molecule has 1 heteroatoms. The van der Waals surface area contributed by atoms with Crippen LogP contribution < -0.4 is 0 Å². The van der Waals surface area contributed by atoms with E-state index in [2.05, 4.69) is 0 Å². The van der Waals surface area contributed by atoms with Crippen LogP contribution >= 0.6 is 0 Å². The second-order valence-corrected chi connectivity index (χ2v) is 11.7. The zero-order valence-electron chi connectivity index (χ0n) is 40.6. The van der Waals surface area contributed by atoms with E-state index < -0.39 is 107 Å². The molecule has 1 aromatic heterocycles. The smallest absolute Gasteiger partial charge is 0.136 e. The Bertz CT molecular complexity index is 3630. The molecule has 0 bridgehead atoms.